The fourth-order valence-corrected chi connectivity index (χ4v) is 2.65. The minimum absolute atomic E-state index is 0.691. The lowest BCUT2D eigenvalue weighted by atomic mass is 10.2. The minimum atomic E-state index is 0.691. The lowest BCUT2D eigenvalue weighted by Gasteiger charge is -2.10. The van der Waals surface area contributed by atoms with E-state index >= 15 is 0 Å². The number of hydrogen-bond acceptors (Lipinski definition) is 2. The smallest absolute Gasteiger partial charge is 0.133 e. The van der Waals surface area contributed by atoms with Crippen molar-refractivity contribution < 1.29 is 4.74 Å². The van der Waals surface area contributed by atoms with Gasteiger partial charge in [0.2, 0.25) is 0 Å². The van der Waals surface area contributed by atoms with Crippen LogP contribution in [0, 0.1) is 0 Å². The van der Waals surface area contributed by atoms with Gasteiger partial charge < -0.3 is 10.1 Å². The summed E-state index contributed by atoms with van der Waals surface area (Å²) >= 11 is 3.59. The van der Waals surface area contributed by atoms with Crippen LogP contribution in [0.2, 0.25) is 0 Å². The lowest BCUT2D eigenvalue weighted by molar-refractivity contribution is 0.320. The monoisotopic (exact) mass is 347 g/mol. The molecular weight excluding hydrogens is 326 g/mol. The van der Waals surface area contributed by atoms with Gasteiger partial charge in [-0.05, 0) is 52.2 Å². The first-order chi connectivity index (χ1) is 10.3. The van der Waals surface area contributed by atoms with E-state index in [4.69, 9.17) is 4.74 Å². The molecule has 0 aliphatic heterocycles. The highest BCUT2D eigenvalue weighted by atomic mass is 79.9. The van der Waals surface area contributed by atoms with E-state index in [0.717, 1.165) is 36.2 Å². The lowest BCUT2D eigenvalue weighted by Crippen LogP contribution is -2.13. The van der Waals surface area contributed by atoms with Crippen LogP contribution in [0.3, 0.4) is 0 Å². The molecule has 0 fully saturated rings. The van der Waals surface area contributed by atoms with Gasteiger partial charge in [-0.25, -0.2) is 0 Å². The maximum absolute atomic E-state index is 5.85. The number of ether oxygens (including phenoxy) is 1. The van der Waals surface area contributed by atoms with E-state index < -0.39 is 0 Å². The summed E-state index contributed by atoms with van der Waals surface area (Å²) in [6.45, 7) is 4.81. The van der Waals surface area contributed by atoms with Gasteiger partial charge in [0.05, 0.1) is 11.1 Å². The second-order valence-corrected chi connectivity index (χ2v) is 5.88. The molecule has 2 aromatic rings. The minimum Gasteiger partial charge on any atom is -0.492 e. The molecule has 0 aliphatic rings. The SMILES string of the molecule is CCCNCc1ccc(OCCc2ccccc2)c(Br)c1. The van der Waals surface area contributed by atoms with Gasteiger partial charge in [-0.1, -0.05) is 43.3 Å². The maximum atomic E-state index is 5.85. The van der Waals surface area contributed by atoms with E-state index in [2.05, 4.69) is 64.6 Å². The topological polar surface area (TPSA) is 21.3 Å². The van der Waals surface area contributed by atoms with E-state index in [-0.39, 0.29) is 0 Å². The van der Waals surface area contributed by atoms with Gasteiger partial charge in [0.1, 0.15) is 5.75 Å². The molecule has 0 heterocycles. The normalized spacial score (nSPS) is 10.6. The molecule has 0 atom stereocenters. The Hall–Kier alpha value is -1.32. The van der Waals surface area contributed by atoms with Crippen LogP contribution in [0.15, 0.2) is 53.0 Å². The summed E-state index contributed by atoms with van der Waals surface area (Å²) in [7, 11) is 0. The summed E-state index contributed by atoms with van der Waals surface area (Å²) in [6.07, 6.45) is 2.08. The molecular formula is C18H22BrNO. The average molecular weight is 348 g/mol. The molecule has 112 valence electrons. The van der Waals surface area contributed by atoms with Crippen LogP contribution < -0.4 is 10.1 Å². The van der Waals surface area contributed by atoms with Crippen LogP contribution in [0.4, 0.5) is 0 Å². The third-order valence-electron chi connectivity index (χ3n) is 3.24. The highest BCUT2D eigenvalue weighted by Gasteiger charge is 2.03. The number of halogens is 1. The molecule has 0 aromatic heterocycles. The van der Waals surface area contributed by atoms with E-state index in [0.29, 0.717) is 6.61 Å². The predicted octanol–water partition coefficient (Wildman–Crippen LogP) is 4.57. The fraction of sp³-hybridized carbons (Fsp3) is 0.333. The third-order valence-corrected chi connectivity index (χ3v) is 3.86. The van der Waals surface area contributed by atoms with Gasteiger partial charge in [-0.2, -0.15) is 0 Å². The molecule has 2 aromatic carbocycles. The zero-order chi connectivity index (χ0) is 14.9. The van der Waals surface area contributed by atoms with Crippen LogP contribution in [-0.4, -0.2) is 13.2 Å². The quantitative estimate of drug-likeness (QED) is 0.706. The van der Waals surface area contributed by atoms with Crippen molar-refractivity contribution >= 4 is 15.9 Å². The van der Waals surface area contributed by atoms with E-state index in [9.17, 15) is 0 Å². The van der Waals surface area contributed by atoms with Crippen LogP contribution in [0.25, 0.3) is 0 Å². The van der Waals surface area contributed by atoms with Crippen molar-refractivity contribution in [3.63, 3.8) is 0 Å². The fourth-order valence-electron chi connectivity index (χ4n) is 2.10. The van der Waals surface area contributed by atoms with Crippen molar-refractivity contribution in [3.05, 3.63) is 64.1 Å². The van der Waals surface area contributed by atoms with Crippen molar-refractivity contribution in [2.45, 2.75) is 26.3 Å². The van der Waals surface area contributed by atoms with Crippen molar-refractivity contribution in [2.24, 2.45) is 0 Å². The summed E-state index contributed by atoms with van der Waals surface area (Å²) in [5.41, 5.74) is 2.57. The summed E-state index contributed by atoms with van der Waals surface area (Å²) in [5.74, 6) is 0.908. The molecule has 0 aliphatic carbocycles. The Balaban J connectivity index is 1.83. The van der Waals surface area contributed by atoms with E-state index in [1.54, 1.807) is 0 Å². The number of benzene rings is 2. The zero-order valence-corrected chi connectivity index (χ0v) is 14.0. The Bertz CT molecular complexity index is 542. The summed E-state index contributed by atoms with van der Waals surface area (Å²) in [5, 5.41) is 3.40. The molecule has 3 heteroatoms. The third kappa shape index (κ3) is 5.52. The predicted molar refractivity (Wildman–Crippen MR) is 91.8 cm³/mol. The Labute approximate surface area is 135 Å². The molecule has 21 heavy (non-hydrogen) atoms. The van der Waals surface area contributed by atoms with Crippen molar-refractivity contribution in [2.75, 3.05) is 13.2 Å². The summed E-state index contributed by atoms with van der Waals surface area (Å²) in [4.78, 5) is 0. The molecule has 1 N–H and O–H groups in total. The van der Waals surface area contributed by atoms with Crippen molar-refractivity contribution in [1.82, 2.24) is 5.32 Å². The molecule has 2 nitrogen and oxygen atoms in total. The highest BCUT2D eigenvalue weighted by molar-refractivity contribution is 9.10. The molecule has 0 spiro atoms. The first kappa shape index (κ1) is 16.1. The van der Waals surface area contributed by atoms with Gasteiger partial charge >= 0.3 is 0 Å². The van der Waals surface area contributed by atoms with Gasteiger partial charge in [0.25, 0.3) is 0 Å². The molecule has 0 bridgehead atoms. The Morgan fingerprint density at radius 3 is 2.57 bits per heavy atom. The summed E-state index contributed by atoms with van der Waals surface area (Å²) in [6, 6.07) is 16.7. The number of hydrogen-bond donors (Lipinski definition) is 1. The Morgan fingerprint density at radius 2 is 1.86 bits per heavy atom. The molecule has 2 rings (SSSR count). The first-order valence-corrected chi connectivity index (χ1v) is 8.24. The molecule has 0 saturated heterocycles. The number of nitrogens with one attached hydrogen (secondary N) is 1. The van der Waals surface area contributed by atoms with Crippen molar-refractivity contribution in [1.29, 1.82) is 0 Å². The highest BCUT2D eigenvalue weighted by Crippen LogP contribution is 2.26. The zero-order valence-electron chi connectivity index (χ0n) is 12.4. The summed E-state index contributed by atoms with van der Waals surface area (Å²) < 4.78 is 6.87. The molecule has 0 saturated carbocycles. The molecule has 0 radical (unpaired) electrons. The van der Waals surface area contributed by atoms with Crippen LogP contribution in [-0.2, 0) is 13.0 Å². The van der Waals surface area contributed by atoms with Gasteiger partial charge in [0, 0.05) is 13.0 Å². The molecule has 0 unspecified atom stereocenters. The van der Waals surface area contributed by atoms with Gasteiger partial charge in [0.15, 0.2) is 0 Å². The Kier molecular flexibility index (Phi) is 6.77. The van der Waals surface area contributed by atoms with E-state index in [1.807, 2.05) is 12.1 Å². The number of rotatable bonds is 8. The standard InChI is InChI=1S/C18H22BrNO/c1-2-11-20-14-16-8-9-18(17(19)13-16)21-12-10-15-6-4-3-5-7-15/h3-9,13,20H,2,10-12,14H2,1H3. The van der Waals surface area contributed by atoms with Gasteiger partial charge in [-0.15, -0.1) is 0 Å². The van der Waals surface area contributed by atoms with Crippen molar-refractivity contribution in [3.8, 4) is 5.75 Å². The van der Waals surface area contributed by atoms with Crippen LogP contribution >= 0.6 is 15.9 Å². The Morgan fingerprint density at radius 1 is 1.05 bits per heavy atom. The van der Waals surface area contributed by atoms with Crippen LogP contribution in [0.5, 0.6) is 5.75 Å². The second-order valence-electron chi connectivity index (χ2n) is 5.03. The van der Waals surface area contributed by atoms with Gasteiger partial charge in [-0.3, -0.25) is 0 Å². The van der Waals surface area contributed by atoms with Crippen LogP contribution in [0.1, 0.15) is 24.5 Å². The average Bonchev–Trinajstić information content (AvgIpc) is 2.51. The second kappa shape index (κ2) is 8.85. The first-order valence-electron chi connectivity index (χ1n) is 7.45. The van der Waals surface area contributed by atoms with E-state index in [1.165, 1.54) is 11.1 Å². The largest absolute Gasteiger partial charge is 0.492 e. The maximum Gasteiger partial charge on any atom is 0.133 e. The molecule has 0 amide bonds.